The number of likely N-dealkylation sites (tertiary alicyclic amines) is 1. The van der Waals surface area contributed by atoms with Gasteiger partial charge in [-0.2, -0.15) is 0 Å². The van der Waals surface area contributed by atoms with E-state index in [1.54, 1.807) is 14.2 Å². The molecule has 0 amide bonds. The maximum Gasteiger partial charge on any atom is 0.191 e. The normalized spacial score (nSPS) is 17.9. The first-order valence-corrected chi connectivity index (χ1v) is 10.5. The van der Waals surface area contributed by atoms with Crippen molar-refractivity contribution < 1.29 is 4.74 Å². The predicted octanol–water partition coefficient (Wildman–Crippen LogP) is 1.73. The lowest BCUT2D eigenvalue weighted by Gasteiger charge is -2.29. The van der Waals surface area contributed by atoms with Gasteiger partial charge in [0.1, 0.15) is 11.6 Å². The minimum atomic E-state index is 0.281. The van der Waals surface area contributed by atoms with Crippen molar-refractivity contribution in [3.8, 4) is 5.75 Å². The van der Waals surface area contributed by atoms with Gasteiger partial charge in [-0.15, -0.1) is 10.2 Å². The molecule has 1 atom stereocenters. The molecule has 0 aliphatic carbocycles. The summed E-state index contributed by atoms with van der Waals surface area (Å²) in [6, 6.07) is 8.66. The molecule has 2 N–H and O–H groups in total. The van der Waals surface area contributed by atoms with Crippen LogP contribution in [0.25, 0.3) is 0 Å². The third kappa shape index (κ3) is 4.53. The summed E-state index contributed by atoms with van der Waals surface area (Å²) in [4.78, 5) is 6.94. The number of hydrogen-bond donors (Lipinski definition) is 2. The summed E-state index contributed by atoms with van der Waals surface area (Å²) in [6.07, 6.45) is 4.69. The van der Waals surface area contributed by atoms with E-state index in [-0.39, 0.29) is 6.04 Å². The number of aliphatic imine (C=N–C) groups is 1. The van der Waals surface area contributed by atoms with Crippen LogP contribution < -0.4 is 15.4 Å². The average molecular weight is 398 g/mol. The highest BCUT2D eigenvalue weighted by Gasteiger charge is 2.24. The minimum absolute atomic E-state index is 0.281. The molecule has 0 radical (unpaired) electrons. The van der Waals surface area contributed by atoms with Crippen molar-refractivity contribution in [3.63, 3.8) is 0 Å². The maximum atomic E-state index is 5.44. The summed E-state index contributed by atoms with van der Waals surface area (Å²) in [5, 5.41) is 15.5. The lowest BCUT2D eigenvalue weighted by atomic mass is 10.1. The first kappa shape index (κ1) is 19.7. The van der Waals surface area contributed by atoms with Gasteiger partial charge < -0.3 is 19.9 Å². The second kappa shape index (κ2) is 9.26. The lowest BCUT2D eigenvalue weighted by molar-refractivity contribution is 0.245. The third-order valence-electron chi connectivity index (χ3n) is 5.85. The van der Waals surface area contributed by atoms with Crippen molar-refractivity contribution in [2.24, 2.45) is 4.99 Å². The molecule has 156 valence electrons. The van der Waals surface area contributed by atoms with Crippen molar-refractivity contribution in [3.05, 3.63) is 41.5 Å². The Kier molecular flexibility index (Phi) is 6.29. The van der Waals surface area contributed by atoms with Gasteiger partial charge in [0.05, 0.1) is 19.7 Å². The standard InChI is InChI=1S/C21H31N7O/c1-22-21(24-15-20-26-25-19-9-6-12-28(19)20)23-14-18(27-10-3-4-11-27)16-7-5-8-17(13-16)29-2/h5,7-8,13,18H,3-4,6,9-12,14-15H2,1-2H3,(H2,22,23,24). The molecule has 3 heterocycles. The van der Waals surface area contributed by atoms with Crippen molar-refractivity contribution in [2.45, 2.75) is 44.8 Å². The molecule has 29 heavy (non-hydrogen) atoms. The molecule has 1 fully saturated rings. The Hall–Kier alpha value is -2.61. The van der Waals surface area contributed by atoms with Gasteiger partial charge in [0.15, 0.2) is 11.8 Å². The molecule has 4 rings (SSSR count). The van der Waals surface area contributed by atoms with E-state index in [0.29, 0.717) is 6.54 Å². The third-order valence-corrected chi connectivity index (χ3v) is 5.85. The molecule has 2 aliphatic heterocycles. The van der Waals surface area contributed by atoms with Crippen LogP contribution in [0.1, 0.15) is 42.5 Å². The number of aromatic nitrogens is 3. The molecule has 0 bridgehead atoms. The second-order valence-corrected chi connectivity index (χ2v) is 7.63. The molecule has 0 saturated carbocycles. The Balaban J connectivity index is 1.39. The monoisotopic (exact) mass is 397 g/mol. The van der Waals surface area contributed by atoms with Gasteiger partial charge in [-0.3, -0.25) is 9.89 Å². The van der Waals surface area contributed by atoms with Crippen LogP contribution in [0, 0.1) is 0 Å². The summed E-state index contributed by atoms with van der Waals surface area (Å²) >= 11 is 0. The summed E-state index contributed by atoms with van der Waals surface area (Å²) in [5.74, 6) is 3.75. The van der Waals surface area contributed by atoms with Gasteiger partial charge in [-0.25, -0.2) is 0 Å². The smallest absolute Gasteiger partial charge is 0.191 e. The second-order valence-electron chi connectivity index (χ2n) is 7.63. The van der Waals surface area contributed by atoms with Crippen LogP contribution in [0.5, 0.6) is 5.75 Å². The predicted molar refractivity (Wildman–Crippen MR) is 113 cm³/mol. The number of nitrogens with one attached hydrogen (secondary N) is 2. The number of ether oxygens (including phenoxy) is 1. The summed E-state index contributed by atoms with van der Waals surface area (Å²) < 4.78 is 7.65. The van der Waals surface area contributed by atoms with Crippen LogP contribution in [0.4, 0.5) is 0 Å². The molecule has 1 aromatic carbocycles. The molecule has 2 aromatic rings. The van der Waals surface area contributed by atoms with Crippen LogP contribution in [-0.4, -0.2) is 59.4 Å². The number of nitrogens with zero attached hydrogens (tertiary/aromatic N) is 5. The van der Waals surface area contributed by atoms with Gasteiger partial charge in [0, 0.05) is 26.6 Å². The highest BCUT2D eigenvalue weighted by atomic mass is 16.5. The van der Waals surface area contributed by atoms with Crippen LogP contribution in [-0.2, 0) is 19.5 Å². The zero-order valence-electron chi connectivity index (χ0n) is 17.4. The van der Waals surface area contributed by atoms with Crippen LogP contribution in [0.15, 0.2) is 29.3 Å². The SMILES string of the molecule is CN=C(NCc1nnc2n1CCC2)NCC(c1cccc(OC)c1)N1CCCC1. The van der Waals surface area contributed by atoms with E-state index >= 15 is 0 Å². The summed E-state index contributed by atoms with van der Waals surface area (Å²) in [7, 11) is 3.52. The molecular weight excluding hydrogens is 366 g/mol. The molecule has 0 spiro atoms. The van der Waals surface area contributed by atoms with Crippen LogP contribution in [0.2, 0.25) is 0 Å². The Morgan fingerprint density at radius 1 is 1.17 bits per heavy atom. The van der Waals surface area contributed by atoms with Crippen LogP contribution in [0.3, 0.4) is 0 Å². The Morgan fingerprint density at radius 3 is 2.83 bits per heavy atom. The van der Waals surface area contributed by atoms with Gasteiger partial charge >= 0.3 is 0 Å². The van der Waals surface area contributed by atoms with Crippen molar-refractivity contribution in [1.82, 2.24) is 30.3 Å². The Bertz CT molecular complexity index is 841. The van der Waals surface area contributed by atoms with Gasteiger partial charge in [0.2, 0.25) is 0 Å². The zero-order valence-corrected chi connectivity index (χ0v) is 17.4. The summed E-state index contributed by atoms with van der Waals surface area (Å²) in [5.41, 5.74) is 1.27. The largest absolute Gasteiger partial charge is 0.497 e. The number of aryl methyl sites for hydroxylation is 1. The molecule has 8 nitrogen and oxygen atoms in total. The fourth-order valence-electron chi connectivity index (χ4n) is 4.28. The average Bonchev–Trinajstić information content (AvgIpc) is 3.50. The van der Waals surface area contributed by atoms with Gasteiger partial charge in [0.25, 0.3) is 0 Å². The van der Waals surface area contributed by atoms with Crippen LogP contribution >= 0.6 is 0 Å². The van der Waals surface area contributed by atoms with Crippen molar-refractivity contribution in [1.29, 1.82) is 0 Å². The number of hydrogen-bond acceptors (Lipinski definition) is 5. The Labute approximate surface area is 172 Å². The van der Waals surface area contributed by atoms with E-state index in [1.807, 2.05) is 6.07 Å². The van der Waals surface area contributed by atoms with Crippen molar-refractivity contribution >= 4 is 5.96 Å². The highest BCUT2D eigenvalue weighted by molar-refractivity contribution is 5.79. The zero-order chi connectivity index (χ0) is 20.1. The lowest BCUT2D eigenvalue weighted by Crippen LogP contribution is -2.42. The quantitative estimate of drug-likeness (QED) is 0.547. The van der Waals surface area contributed by atoms with E-state index < -0.39 is 0 Å². The van der Waals surface area contributed by atoms with Crippen molar-refractivity contribution in [2.75, 3.05) is 33.8 Å². The van der Waals surface area contributed by atoms with E-state index in [4.69, 9.17) is 4.74 Å². The molecular formula is C21H31N7O. The van der Waals surface area contributed by atoms with Gasteiger partial charge in [-0.05, 0) is 50.0 Å². The highest BCUT2D eigenvalue weighted by Crippen LogP contribution is 2.27. The van der Waals surface area contributed by atoms with E-state index in [9.17, 15) is 0 Å². The minimum Gasteiger partial charge on any atom is -0.497 e. The van der Waals surface area contributed by atoms with E-state index in [0.717, 1.165) is 62.4 Å². The molecule has 1 aromatic heterocycles. The summed E-state index contributed by atoms with van der Waals surface area (Å²) in [6.45, 7) is 4.67. The molecule has 1 saturated heterocycles. The number of methoxy groups -OCH3 is 1. The van der Waals surface area contributed by atoms with E-state index in [2.05, 4.69) is 53.5 Å². The Morgan fingerprint density at radius 2 is 2.03 bits per heavy atom. The topological polar surface area (TPSA) is 79.6 Å². The number of rotatable bonds is 7. The fraction of sp³-hybridized carbons (Fsp3) is 0.571. The molecule has 8 heteroatoms. The number of fused-ring (bicyclic) bond motifs is 1. The molecule has 2 aliphatic rings. The fourth-order valence-corrected chi connectivity index (χ4v) is 4.28. The van der Waals surface area contributed by atoms with Gasteiger partial charge in [-0.1, -0.05) is 12.1 Å². The van der Waals surface area contributed by atoms with E-state index in [1.165, 1.54) is 18.4 Å². The first-order valence-electron chi connectivity index (χ1n) is 10.5. The number of guanidine groups is 1. The first-order chi connectivity index (χ1) is 14.3. The molecule has 1 unspecified atom stereocenters. The maximum absolute atomic E-state index is 5.44. The number of benzene rings is 1.